The molecule has 0 unspecified atom stereocenters. The van der Waals surface area contributed by atoms with E-state index in [1.807, 2.05) is 0 Å². The van der Waals surface area contributed by atoms with E-state index in [0.29, 0.717) is 0 Å². The average Bonchev–Trinajstić information content (AvgIpc) is 2.51. The van der Waals surface area contributed by atoms with Gasteiger partial charge in [-0.05, 0) is 13.8 Å². The molecule has 0 bridgehead atoms. The maximum absolute atomic E-state index is 12.1. The first kappa shape index (κ1) is 10.6. The van der Waals surface area contributed by atoms with E-state index in [-0.39, 0.29) is 5.89 Å². The van der Waals surface area contributed by atoms with Gasteiger partial charge in [0.15, 0.2) is 5.76 Å². The fourth-order valence-electron chi connectivity index (χ4n) is 0.768. The van der Waals surface area contributed by atoms with Gasteiger partial charge in [-0.15, -0.1) is 0 Å². The van der Waals surface area contributed by atoms with E-state index < -0.39 is 23.6 Å². The van der Waals surface area contributed by atoms with E-state index in [2.05, 4.69) is 9.40 Å². The number of halogens is 2. The van der Waals surface area contributed by atoms with Crippen molar-refractivity contribution < 1.29 is 23.1 Å². The first-order chi connectivity index (χ1) is 6.35. The van der Waals surface area contributed by atoms with E-state index in [1.54, 1.807) is 0 Å². The molecule has 1 rings (SSSR count). The number of aliphatic carboxylic acids is 1. The third kappa shape index (κ3) is 1.73. The molecule has 0 aromatic carbocycles. The highest BCUT2D eigenvalue weighted by molar-refractivity contribution is 5.78. The van der Waals surface area contributed by atoms with Crippen LogP contribution in [0.3, 0.4) is 0 Å². The third-order valence-electron chi connectivity index (χ3n) is 1.81. The fourth-order valence-corrected chi connectivity index (χ4v) is 0.768. The van der Waals surface area contributed by atoms with E-state index in [9.17, 15) is 13.6 Å². The first-order valence-electron chi connectivity index (χ1n) is 3.83. The Morgan fingerprint density at radius 2 is 2.21 bits per heavy atom. The molecule has 0 aliphatic rings. The van der Waals surface area contributed by atoms with Crippen molar-refractivity contribution in [3.63, 3.8) is 0 Å². The molecule has 1 heterocycles. The van der Waals surface area contributed by atoms with Crippen molar-refractivity contribution in [2.75, 3.05) is 0 Å². The SMILES string of the molecule is CC(C)(C(=O)O)c1ncc(C(F)F)o1. The van der Waals surface area contributed by atoms with Crippen LogP contribution in [0.5, 0.6) is 0 Å². The number of carbonyl (C=O) groups is 1. The van der Waals surface area contributed by atoms with Crippen LogP contribution in [-0.2, 0) is 10.2 Å². The number of hydrogen-bond donors (Lipinski definition) is 1. The quantitative estimate of drug-likeness (QED) is 0.819. The highest BCUT2D eigenvalue weighted by atomic mass is 19.3. The predicted octanol–water partition coefficient (Wildman–Crippen LogP) is 1.97. The summed E-state index contributed by atoms with van der Waals surface area (Å²) in [5.41, 5.74) is -1.40. The van der Waals surface area contributed by atoms with Crippen LogP contribution in [0.2, 0.25) is 0 Å². The Balaban J connectivity index is 3.03. The van der Waals surface area contributed by atoms with Gasteiger partial charge in [-0.1, -0.05) is 0 Å². The summed E-state index contributed by atoms with van der Waals surface area (Å²) in [6.07, 6.45) is -1.94. The summed E-state index contributed by atoms with van der Waals surface area (Å²) in [7, 11) is 0. The van der Waals surface area contributed by atoms with Crippen LogP contribution in [0.1, 0.15) is 31.9 Å². The monoisotopic (exact) mass is 205 g/mol. The highest BCUT2D eigenvalue weighted by Crippen LogP contribution is 2.26. The van der Waals surface area contributed by atoms with Gasteiger partial charge in [0.25, 0.3) is 6.43 Å². The van der Waals surface area contributed by atoms with Crippen LogP contribution in [-0.4, -0.2) is 16.1 Å². The number of alkyl halides is 2. The molecular formula is C8H9F2NO3. The largest absolute Gasteiger partial charge is 0.480 e. The zero-order chi connectivity index (χ0) is 10.9. The number of oxazole rings is 1. The zero-order valence-electron chi connectivity index (χ0n) is 7.62. The molecule has 4 nitrogen and oxygen atoms in total. The summed E-state index contributed by atoms with van der Waals surface area (Å²) in [4.78, 5) is 14.2. The summed E-state index contributed by atoms with van der Waals surface area (Å²) >= 11 is 0. The van der Waals surface area contributed by atoms with E-state index >= 15 is 0 Å². The van der Waals surface area contributed by atoms with Crippen LogP contribution < -0.4 is 0 Å². The van der Waals surface area contributed by atoms with E-state index in [1.165, 1.54) is 13.8 Å². The fraction of sp³-hybridized carbons (Fsp3) is 0.500. The summed E-state index contributed by atoms with van der Waals surface area (Å²) in [6.45, 7) is 2.66. The maximum atomic E-state index is 12.1. The molecule has 0 atom stereocenters. The maximum Gasteiger partial charge on any atom is 0.318 e. The predicted molar refractivity (Wildman–Crippen MR) is 42.1 cm³/mol. The minimum atomic E-state index is -2.78. The van der Waals surface area contributed by atoms with Crippen LogP contribution in [0.15, 0.2) is 10.6 Å². The summed E-state index contributed by atoms with van der Waals surface area (Å²) in [5.74, 6) is -2.02. The number of nitrogens with zero attached hydrogens (tertiary/aromatic N) is 1. The lowest BCUT2D eigenvalue weighted by Gasteiger charge is -2.13. The number of carboxylic acids is 1. The Hall–Kier alpha value is -1.46. The Kier molecular flexibility index (Phi) is 2.55. The molecule has 78 valence electrons. The van der Waals surface area contributed by atoms with Crippen molar-refractivity contribution in [1.82, 2.24) is 4.98 Å². The van der Waals surface area contributed by atoms with Crippen molar-refractivity contribution in [1.29, 1.82) is 0 Å². The Labute approximate surface area is 78.6 Å². The molecule has 0 spiro atoms. The number of rotatable bonds is 3. The lowest BCUT2D eigenvalue weighted by molar-refractivity contribution is -0.143. The van der Waals surface area contributed by atoms with Crippen molar-refractivity contribution in [2.24, 2.45) is 0 Å². The molecule has 0 fully saturated rings. The minimum absolute atomic E-state index is 0.222. The summed E-state index contributed by atoms with van der Waals surface area (Å²) in [6, 6.07) is 0. The average molecular weight is 205 g/mol. The molecule has 0 saturated carbocycles. The lowest BCUT2D eigenvalue weighted by Crippen LogP contribution is -2.28. The second kappa shape index (κ2) is 3.36. The van der Waals surface area contributed by atoms with Crippen LogP contribution >= 0.6 is 0 Å². The van der Waals surface area contributed by atoms with Gasteiger partial charge in [-0.2, -0.15) is 0 Å². The molecule has 0 aliphatic carbocycles. The normalized spacial score (nSPS) is 12.1. The molecule has 0 saturated heterocycles. The van der Waals surface area contributed by atoms with Gasteiger partial charge < -0.3 is 9.52 Å². The molecule has 1 aromatic rings. The third-order valence-corrected chi connectivity index (χ3v) is 1.81. The van der Waals surface area contributed by atoms with Crippen molar-refractivity contribution in [3.8, 4) is 0 Å². The number of hydrogen-bond acceptors (Lipinski definition) is 3. The second-order valence-corrected chi connectivity index (χ2v) is 3.30. The lowest BCUT2D eigenvalue weighted by atomic mass is 9.94. The van der Waals surface area contributed by atoms with Gasteiger partial charge in [0.2, 0.25) is 5.89 Å². The molecular weight excluding hydrogens is 196 g/mol. The smallest absolute Gasteiger partial charge is 0.318 e. The van der Waals surface area contributed by atoms with E-state index in [0.717, 1.165) is 6.20 Å². The first-order valence-corrected chi connectivity index (χ1v) is 3.83. The van der Waals surface area contributed by atoms with Gasteiger partial charge in [-0.3, -0.25) is 4.79 Å². The van der Waals surface area contributed by atoms with Gasteiger partial charge in [0, 0.05) is 0 Å². The molecule has 6 heteroatoms. The minimum Gasteiger partial charge on any atom is -0.480 e. The van der Waals surface area contributed by atoms with Crippen LogP contribution in [0.4, 0.5) is 8.78 Å². The standard InChI is InChI=1S/C8H9F2NO3/c1-8(2,7(12)13)6-11-3-4(14-6)5(9)10/h3,5H,1-2H3,(H,12,13). The molecule has 1 aromatic heterocycles. The molecule has 0 radical (unpaired) electrons. The molecule has 0 amide bonds. The topological polar surface area (TPSA) is 63.3 Å². The molecule has 0 aliphatic heterocycles. The number of aromatic nitrogens is 1. The van der Waals surface area contributed by atoms with Gasteiger partial charge in [0.1, 0.15) is 5.41 Å². The molecule has 1 N–H and O–H groups in total. The second-order valence-electron chi connectivity index (χ2n) is 3.30. The van der Waals surface area contributed by atoms with Gasteiger partial charge >= 0.3 is 5.97 Å². The summed E-state index contributed by atoms with van der Waals surface area (Å²) < 4.78 is 28.8. The highest BCUT2D eigenvalue weighted by Gasteiger charge is 2.35. The number of carboxylic acid groups (broad SMARTS) is 1. The Morgan fingerprint density at radius 1 is 1.64 bits per heavy atom. The van der Waals surface area contributed by atoms with E-state index in [4.69, 9.17) is 5.11 Å². The van der Waals surface area contributed by atoms with Crippen LogP contribution in [0, 0.1) is 0 Å². The van der Waals surface area contributed by atoms with Crippen molar-refractivity contribution in [3.05, 3.63) is 17.8 Å². The Bertz CT molecular complexity index is 346. The van der Waals surface area contributed by atoms with Crippen molar-refractivity contribution >= 4 is 5.97 Å². The van der Waals surface area contributed by atoms with Crippen LogP contribution in [0.25, 0.3) is 0 Å². The van der Waals surface area contributed by atoms with Gasteiger partial charge in [-0.25, -0.2) is 13.8 Å². The summed E-state index contributed by atoms with van der Waals surface area (Å²) in [5, 5.41) is 8.76. The zero-order valence-corrected chi connectivity index (χ0v) is 7.62. The Morgan fingerprint density at radius 3 is 2.57 bits per heavy atom. The molecule has 14 heavy (non-hydrogen) atoms. The van der Waals surface area contributed by atoms with Gasteiger partial charge in [0.05, 0.1) is 6.20 Å². The van der Waals surface area contributed by atoms with Crippen molar-refractivity contribution in [2.45, 2.75) is 25.7 Å².